The van der Waals surface area contributed by atoms with Crippen LogP contribution in [-0.4, -0.2) is 90.6 Å². The molecule has 4 aromatic carbocycles. The standard InChI is InChI=1S/C31H33Br2N5O14S4/c1-3-38(2)9-10-55(43,44)22-7-8-24(26(15-22)54-52-50-42)36-37-29-27(56(45,46)47)12-18-11-21(53-51-49-41)14-25(28(18)30(29)39)34-17-48-20-6-4-5-19(13-20)35-31(40)23(33)16-32/h4-8,11-15,23,34,39,41-42H,3,9-10,16-17H2,1-2H3,(H,35,40)(H,45,46,47). The van der Waals surface area contributed by atoms with E-state index in [0.29, 0.717) is 47.4 Å². The predicted octanol–water partition coefficient (Wildman–Crippen LogP) is 7.33. The van der Waals surface area contributed by atoms with Crippen molar-refractivity contribution in [1.29, 1.82) is 0 Å². The topological polar surface area (TPSA) is 264 Å². The van der Waals surface area contributed by atoms with Crippen molar-refractivity contribution in [2.24, 2.45) is 10.2 Å². The van der Waals surface area contributed by atoms with E-state index in [-0.39, 0.29) is 61.8 Å². The molecule has 0 spiro atoms. The molecule has 0 fully saturated rings. The molecule has 6 N–H and O–H groups in total. The van der Waals surface area contributed by atoms with E-state index >= 15 is 0 Å². The van der Waals surface area contributed by atoms with Crippen LogP contribution in [-0.2, 0) is 43.5 Å². The number of carbonyl (C=O) groups excluding carboxylic acids is 1. The highest BCUT2D eigenvalue weighted by atomic mass is 79.9. The summed E-state index contributed by atoms with van der Waals surface area (Å²) in [4.78, 5) is 12.8. The molecule has 25 heteroatoms. The van der Waals surface area contributed by atoms with E-state index in [9.17, 15) is 31.3 Å². The maximum Gasteiger partial charge on any atom is 0.296 e. The Hall–Kier alpha value is -3.15. The molecule has 0 aromatic heterocycles. The molecule has 0 saturated heterocycles. The van der Waals surface area contributed by atoms with Crippen LogP contribution in [0.25, 0.3) is 10.8 Å². The van der Waals surface area contributed by atoms with Gasteiger partial charge in [-0.3, -0.25) is 9.35 Å². The summed E-state index contributed by atoms with van der Waals surface area (Å²) in [6, 6.07) is 13.9. The quantitative estimate of drug-likeness (QED) is 0.00907. The molecule has 4 aromatic rings. The number of phenols is 1. The van der Waals surface area contributed by atoms with E-state index < -0.39 is 41.1 Å². The summed E-state index contributed by atoms with van der Waals surface area (Å²) in [6.45, 7) is 2.48. The van der Waals surface area contributed by atoms with E-state index in [0.717, 1.165) is 6.07 Å². The fourth-order valence-electron chi connectivity index (χ4n) is 4.69. The minimum atomic E-state index is -5.10. The molecule has 0 radical (unpaired) electrons. The third kappa shape index (κ3) is 12.4. The normalized spacial score (nSPS) is 12.7. The third-order valence-electron chi connectivity index (χ3n) is 7.57. The Balaban J connectivity index is 1.76. The summed E-state index contributed by atoms with van der Waals surface area (Å²) in [7, 11) is -7.15. The van der Waals surface area contributed by atoms with Crippen LogP contribution in [0.3, 0.4) is 0 Å². The number of ether oxygens (including phenoxy) is 1. The first-order valence-corrected chi connectivity index (χ1v) is 22.3. The number of carbonyl (C=O) groups is 1. The van der Waals surface area contributed by atoms with Gasteiger partial charge in [0.2, 0.25) is 5.91 Å². The maximum atomic E-state index is 13.0. The van der Waals surface area contributed by atoms with Crippen LogP contribution in [0.5, 0.6) is 11.5 Å². The van der Waals surface area contributed by atoms with Gasteiger partial charge in [-0.05, 0) is 67.5 Å². The Kier molecular flexibility index (Phi) is 17.1. The van der Waals surface area contributed by atoms with Crippen molar-refractivity contribution in [1.82, 2.24) is 4.90 Å². The number of azo groups is 1. The molecule has 1 atom stereocenters. The van der Waals surface area contributed by atoms with Crippen LogP contribution >= 0.6 is 55.9 Å². The van der Waals surface area contributed by atoms with E-state index in [4.69, 9.17) is 15.3 Å². The smallest absolute Gasteiger partial charge is 0.296 e. The second kappa shape index (κ2) is 21.0. The summed E-state index contributed by atoms with van der Waals surface area (Å²) < 4.78 is 76.4. The van der Waals surface area contributed by atoms with Gasteiger partial charge >= 0.3 is 0 Å². The second-order valence-electron chi connectivity index (χ2n) is 11.2. The van der Waals surface area contributed by atoms with Crippen molar-refractivity contribution < 1.29 is 65.3 Å². The number of anilines is 2. The van der Waals surface area contributed by atoms with Gasteiger partial charge in [-0.2, -0.15) is 8.42 Å². The predicted molar refractivity (Wildman–Crippen MR) is 213 cm³/mol. The molecule has 0 bridgehead atoms. The van der Waals surface area contributed by atoms with Crippen molar-refractivity contribution >= 4 is 115 Å². The van der Waals surface area contributed by atoms with Gasteiger partial charge in [0, 0.05) is 39.6 Å². The highest BCUT2D eigenvalue weighted by Gasteiger charge is 2.25. The number of nitrogens with zero attached hydrogens (tertiary/aromatic N) is 3. The van der Waals surface area contributed by atoms with Crippen molar-refractivity contribution in [3.63, 3.8) is 0 Å². The van der Waals surface area contributed by atoms with Crippen molar-refractivity contribution in [2.45, 2.75) is 31.3 Å². The van der Waals surface area contributed by atoms with Crippen LogP contribution in [0.4, 0.5) is 22.7 Å². The number of hydrogen-bond donors (Lipinski definition) is 6. The van der Waals surface area contributed by atoms with Gasteiger partial charge in [0.05, 0.1) is 39.6 Å². The van der Waals surface area contributed by atoms with Crippen LogP contribution in [0.2, 0.25) is 0 Å². The number of hydrogen-bond acceptors (Lipinski definition) is 19. The molecule has 19 nitrogen and oxygen atoms in total. The Morgan fingerprint density at radius 3 is 2.41 bits per heavy atom. The first-order chi connectivity index (χ1) is 26.6. The third-order valence-corrected chi connectivity index (χ3v) is 13.6. The minimum absolute atomic E-state index is 0.0250. The first-order valence-electron chi connectivity index (χ1n) is 15.7. The number of phenolic OH excluding ortho intramolecular Hbond substituents is 1. The lowest BCUT2D eigenvalue weighted by molar-refractivity contribution is -0.432. The van der Waals surface area contributed by atoms with Crippen molar-refractivity contribution in [3.05, 3.63) is 60.7 Å². The van der Waals surface area contributed by atoms with Crippen LogP contribution in [0.1, 0.15) is 6.92 Å². The molecule has 0 aliphatic carbocycles. The number of alkyl halides is 2. The zero-order chi connectivity index (χ0) is 41.0. The molecule has 0 saturated carbocycles. The van der Waals surface area contributed by atoms with Gasteiger partial charge in [-0.25, -0.2) is 18.9 Å². The zero-order valence-electron chi connectivity index (χ0n) is 29.0. The van der Waals surface area contributed by atoms with Crippen LogP contribution in [0.15, 0.2) is 90.5 Å². The highest BCUT2D eigenvalue weighted by molar-refractivity contribution is 9.12. The lowest BCUT2D eigenvalue weighted by Gasteiger charge is -2.16. The molecule has 0 heterocycles. The van der Waals surface area contributed by atoms with E-state index in [1.165, 1.54) is 30.3 Å². The zero-order valence-corrected chi connectivity index (χ0v) is 35.4. The largest absolute Gasteiger partial charge is 0.505 e. The molecule has 304 valence electrons. The fourth-order valence-corrected chi connectivity index (χ4v) is 8.12. The molecule has 1 amide bonds. The van der Waals surface area contributed by atoms with Crippen LogP contribution in [0, 0.1) is 0 Å². The van der Waals surface area contributed by atoms with E-state index in [1.807, 2.05) is 6.92 Å². The summed E-state index contributed by atoms with van der Waals surface area (Å²) in [5.41, 5.74) is -0.277. The van der Waals surface area contributed by atoms with Gasteiger partial charge in [0.15, 0.2) is 22.3 Å². The Labute approximate surface area is 345 Å². The monoisotopic (exact) mass is 985 g/mol. The SMILES string of the molecule is CCN(C)CCS(=O)(=O)c1ccc(N=Nc2c(S(=O)(=O)O)cc3cc(SOOO)cc(NCOc4cccc(NC(=O)C(Br)CBr)c4)c3c2O)c(SOOO)c1. The average molecular weight is 988 g/mol. The number of fused-ring (bicyclic) bond motifs is 1. The van der Waals surface area contributed by atoms with Gasteiger partial charge in [0.1, 0.15) is 26.8 Å². The summed E-state index contributed by atoms with van der Waals surface area (Å²) in [5, 5.41) is 50.4. The number of amides is 1. The average Bonchev–Trinajstić information content (AvgIpc) is 3.17. The summed E-state index contributed by atoms with van der Waals surface area (Å²) in [5.74, 6) is -0.959. The number of aromatic hydroxyl groups is 1. The molecule has 4 rings (SSSR count). The highest BCUT2D eigenvalue weighted by Crippen LogP contribution is 2.46. The molecule has 0 aliphatic rings. The van der Waals surface area contributed by atoms with Gasteiger partial charge in [-0.15, -0.1) is 18.9 Å². The Morgan fingerprint density at radius 1 is 1.00 bits per heavy atom. The van der Waals surface area contributed by atoms with Gasteiger partial charge in [0.25, 0.3) is 10.1 Å². The summed E-state index contributed by atoms with van der Waals surface area (Å²) in [6.07, 6.45) is 0. The number of nitrogens with one attached hydrogen (secondary N) is 2. The first kappa shape index (κ1) is 45.6. The number of benzene rings is 4. The molecular formula is C31H33Br2N5O14S4. The Morgan fingerprint density at radius 2 is 1.73 bits per heavy atom. The molecular weight excluding hydrogens is 954 g/mol. The molecule has 56 heavy (non-hydrogen) atoms. The number of rotatable bonds is 21. The number of halogens is 2. The minimum Gasteiger partial charge on any atom is -0.505 e. The van der Waals surface area contributed by atoms with E-state index in [1.54, 1.807) is 36.2 Å². The van der Waals surface area contributed by atoms with Crippen molar-refractivity contribution in [2.75, 3.05) is 48.6 Å². The van der Waals surface area contributed by atoms with E-state index in [2.05, 4.69) is 71.5 Å². The number of sulfone groups is 1. The summed E-state index contributed by atoms with van der Waals surface area (Å²) >= 11 is 7.36. The molecule has 0 aliphatic heterocycles. The molecule has 1 unspecified atom stereocenters. The lowest BCUT2D eigenvalue weighted by atomic mass is 10.1. The lowest BCUT2D eigenvalue weighted by Crippen LogP contribution is -2.25. The maximum absolute atomic E-state index is 13.0. The second-order valence-corrected chi connectivity index (χ2v) is 18.0. The van der Waals surface area contributed by atoms with Gasteiger partial charge < -0.3 is 25.4 Å². The Bertz CT molecular complexity index is 2270. The van der Waals surface area contributed by atoms with Crippen LogP contribution < -0.4 is 15.4 Å². The van der Waals surface area contributed by atoms with Crippen molar-refractivity contribution in [3.8, 4) is 11.5 Å². The van der Waals surface area contributed by atoms with Gasteiger partial charge in [-0.1, -0.05) is 54.9 Å². The fraction of sp³-hybridized carbons (Fsp3) is 0.258.